The molecule has 19 heavy (non-hydrogen) atoms. The molecule has 100 valence electrons. The molecule has 1 aromatic rings. The van der Waals surface area contributed by atoms with Crippen molar-refractivity contribution in [3.8, 4) is 5.75 Å². The maximum absolute atomic E-state index is 11.8. The molecule has 5 nitrogen and oxygen atoms in total. The van der Waals surface area contributed by atoms with Gasteiger partial charge < -0.3 is 14.2 Å². The van der Waals surface area contributed by atoms with Gasteiger partial charge in [0.1, 0.15) is 11.3 Å². The second-order valence-corrected chi connectivity index (χ2v) is 4.48. The summed E-state index contributed by atoms with van der Waals surface area (Å²) in [7, 11) is 1.51. The molecular formula is C14H14O5. The van der Waals surface area contributed by atoms with E-state index < -0.39 is 17.7 Å². The Hall–Kier alpha value is -2.30. The van der Waals surface area contributed by atoms with Crippen LogP contribution in [0.4, 0.5) is 0 Å². The van der Waals surface area contributed by atoms with Gasteiger partial charge in [0.15, 0.2) is 0 Å². The summed E-state index contributed by atoms with van der Waals surface area (Å²) >= 11 is 0. The Morgan fingerprint density at radius 1 is 1.11 bits per heavy atom. The van der Waals surface area contributed by atoms with E-state index in [-0.39, 0.29) is 5.57 Å². The van der Waals surface area contributed by atoms with E-state index in [4.69, 9.17) is 14.2 Å². The molecule has 0 saturated carbocycles. The molecule has 0 aromatic heterocycles. The Bertz CT molecular complexity index is 535. The van der Waals surface area contributed by atoms with Gasteiger partial charge in [0.25, 0.3) is 5.79 Å². The molecule has 1 aliphatic heterocycles. The van der Waals surface area contributed by atoms with Crippen LogP contribution in [0.1, 0.15) is 19.4 Å². The minimum atomic E-state index is -1.23. The average molecular weight is 262 g/mol. The molecule has 1 aromatic carbocycles. The van der Waals surface area contributed by atoms with E-state index in [2.05, 4.69) is 0 Å². The van der Waals surface area contributed by atoms with E-state index in [9.17, 15) is 9.59 Å². The number of para-hydroxylation sites is 1. The summed E-state index contributed by atoms with van der Waals surface area (Å²) in [6.07, 6.45) is 1.40. The summed E-state index contributed by atoms with van der Waals surface area (Å²) in [4.78, 5) is 23.6. The molecule has 0 aliphatic carbocycles. The Kier molecular flexibility index (Phi) is 3.29. The number of ether oxygens (including phenoxy) is 3. The summed E-state index contributed by atoms with van der Waals surface area (Å²) in [5.41, 5.74) is 0.456. The highest BCUT2D eigenvalue weighted by Gasteiger charge is 2.38. The van der Waals surface area contributed by atoms with E-state index in [0.29, 0.717) is 11.3 Å². The molecule has 0 radical (unpaired) electrons. The van der Waals surface area contributed by atoms with E-state index >= 15 is 0 Å². The fraction of sp³-hybridized carbons (Fsp3) is 0.286. The molecule has 1 aliphatic rings. The van der Waals surface area contributed by atoms with Gasteiger partial charge >= 0.3 is 11.9 Å². The minimum absolute atomic E-state index is 0.149. The number of cyclic esters (lactones) is 2. The highest BCUT2D eigenvalue weighted by molar-refractivity contribution is 6.19. The van der Waals surface area contributed by atoms with Gasteiger partial charge in [-0.1, -0.05) is 18.2 Å². The zero-order chi connectivity index (χ0) is 14.0. The van der Waals surface area contributed by atoms with Crippen LogP contribution in [0.25, 0.3) is 6.08 Å². The second-order valence-electron chi connectivity index (χ2n) is 4.48. The predicted molar refractivity (Wildman–Crippen MR) is 67.2 cm³/mol. The van der Waals surface area contributed by atoms with Crippen LogP contribution in [0.5, 0.6) is 5.75 Å². The van der Waals surface area contributed by atoms with Crippen molar-refractivity contribution in [1.29, 1.82) is 0 Å². The van der Waals surface area contributed by atoms with E-state index in [1.165, 1.54) is 27.0 Å². The number of esters is 2. The molecule has 1 saturated heterocycles. The van der Waals surface area contributed by atoms with E-state index in [1.807, 2.05) is 0 Å². The molecule has 0 unspecified atom stereocenters. The van der Waals surface area contributed by atoms with Crippen LogP contribution in [0.2, 0.25) is 0 Å². The smallest absolute Gasteiger partial charge is 0.348 e. The van der Waals surface area contributed by atoms with Crippen LogP contribution in [-0.2, 0) is 19.1 Å². The van der Waals surface area contributed by atoms with Crippen LogP contribution in [0, 0.1) is 0 Å². The van der Waals surface area contributed by atoms with Crippen molar-refractivity contribution in [2.75, 3.05) is 7.11 Å². The van der Waals surface area contributed by atoms with Crippen molar-refractivity contribution in [2.24, 2.45) is 0 Å². The van der Waals surface area contributed by atoms with Crippen molar-refractivity contribution in [2.45, 2.75) is 19.6 Å². The number of hydrogen-bond acceptors (Lipinski definition) is 5. The minimum Gasteiger partial charge on any atom is -0.496 e. The third kappa shape index (κ3) is 2.76. The molecule has 0 amide bonds. The zero-order valence-corrected chi connectivity index (χ0v) is 10.9. The Morgan fingerprint density at radius 2 is 1.68 bits per heavy atom. The van der Waals surface area contributed by atoms with E-state index in [1.54, 1.807) is 24.3 Å². The lowest BCUT2D eigenvalue weighted by atomic mass is 10.1. The molecule has 1 fully saturated rings. The number of methoxy groups -OCH3 is 1. The Labute approximate surface area is 110 Å². The summed E-state index contributed by atoms with van der Waals surface area (Å²) in [5, 5.41) is 0. The maximum Gasteiger partial charge on any atom is 0.348 e. The van der Waals surface area contributed by atoms with Gasteiger partial charge in [-0.2, -0.15) is 0 Å². The van der Waals surface area contributed by atoms with Crippen LogP contribution >= 0.6 is 0 Å². The molecule has 0 spiro atoms. The monoisotopic (exact) mass is 262 g/mol. The van der Waals surface area contributed by atoms with Crippen molar-refractivity contribution < 1.29 is 23.8 Å². The van der Waals surface area contributed by atoms with Crippen LogP contribution in [0.15, 0.2) is 29.8 Å². The quantitative estimate of drug-likeness (QED) is 0.463. The van der Waals surface area contributed by atoms with Crippen molar-refractivity contribution >= 4 is 18.0 Å². The lowest BCUT2D eigenvalue weighted by Gasteiger charge is -2.29. The van der Waals surface area contributed by atoms with Gasteiger partial charge in [0.2, 0.25) is 0 Å². The topological polar surface area (TPSA) is 61.8 Å². The lowest BCUT2D eigenvalue weighted by molar-refractivity contribution is -0.222. The fourth-order valence-electron chi connectivity index (χ4n) is 1.72. The molecule has 0 N–H and O–H groups in total. The van der Waals surface area contributed by atoms with E-state index in [0.717, 1.165) is 0 Å². The Balaban J connectivity index is 2.38. The van der Waals surface area contributed by atoms with Gasteiger partial charge in [0.05, 0.1) is 7.11 Å². The van der Waals surface area contributed by atoms with Crippen molar-refractivity contribution in [3.63, 3.8) is 0 Å². The second kappa shape index (κ2) is 4.76. The third-order valence-electron chi connectivity index (χ3n) is 2.56. The highest BCUT2D eigenvalue weighted by Crippen LogP contribution is 2.26. The first kappa shape index (κ1) is 13.1. The van der Waals surface area contributed by atoms with Gasteiger partial charge in [-0.05, 0) is 12.1 Å². The predicted octanol–water partition coefficient (Wildman–Crippen LogP) is 1.91. The molecule has 0 bridgehead atoms. The average Bonchev–Trinajstić information content (AvgIpc) is 2.33. The Morgan fingerprint density at radius 3 is 2.26 bits per heavy atom. The van der Waals surface area contributed by atoms with Gasteiger partial charge in [0, 0.05) is 19.4 Å². The molecule has 0 atom stereocenters. The number of rotatable bonds is 2. The summed E-state index contributed by atoms with van der Waals surface area (Å²) < 4.78 is 15.2. The summed E-state index contributed by atoms with van der Waals surface area (Å²) in [6, 6.07) is 7.03. The summed E-state index contributed by atoms with van der Waals surface area (Å²) in [6.45, 7) is 3.01. The maximum atomic E-state index is 11.8. The van der Waals surface area contributed by atoms with Crippen molar-refractivity contribution in [3.05, 3.63) is 35.4 Å². The zero-order valence-electron chi connectivity index (χ0n) is 10.9. The molecule has 2 rings (SSSR count). The first-order valence-electron chi connectivity index (χ1n) is 5.74. The van der Waals surface area contributed by atoms with Gasteiger partial charge in [-0.15, -0.1) is 0 Å². The standard InChI is InChI=1S/C14H14O5/c1-14(2)18-12(15)10(13(16)19-14)8-9-6-4-5-7-11(9)17-3/h4-8H,1-3H3. The van der Waals surface area contributed by atoms with Crippen LogP contribution < -0.4 is 4.74 Å². The third-order valence-corrected chi connectivity index (χ3v) is 2.56. The van der Waals surface area contributed by atoms with Gasteiger partial charge in [-0.3, -0.25) is 0 Å². The lowest BCUT2D eigenvalue weighted by Crippen LogP contribution is -2.41. The molecule has 1 heterocycles. The molecular weight excluding hydrogens is 248 g/mol. The number of hydrogen-bond donors (Lipinski definition) is 0. The van der Waals surface area contributed by atoms with Gasteiger partial charge in [-0.25, -0.2) is 9.59 Å². The highest BCUT2D eigenvalue weighted by atomic mass is 16.7. The fourth-order valence-corrected chi connectivity index (χ4v) is 1.72. The number of benzene rings is 1. The first-order valence-corrected chi connectivity index (χ1v) is 5.74. The number of carbonyl (C=O) groups excluding carboxylic acids is 2. The van der Waals surface area contributed by atoms with Crippen LogP contribution in [-0.4, -0.2) is 24.8 Å². The van der Waals surface area contributed by atoms with Crippen LogP contribution in [0.3, 0.4) is 0 Å². The normalized spacial score (nSPS) is 17.5. The SMILES string of the molecule is COc1ccccc1C=C1C(=O)OC(C)(C)OC1=O. The summed E-state index contributed by atoms with van der Waals surface area (Å²) in [5.74, 6) is -2.08. The molecule has 5 heteroatoms. The first-order chi connectivity index (χ1) is 8.93. The number of carbonyl (C=O) groups is 2. The van der Waals surface area contributed by atoms with Crippen molar-refractivity contribution in [1.82, 2.24) is 0 Å². The largest absolute Gasteiger partial charge is 0.496 e.